The van der Waals surface area contributed by atoms with Crippen LogP contribution in [0, 0.1) is 5.92 Å². The molecular weight excluding hydrogens is 335 g/mol. The molecule has 1 saturated heterocycles. The Balaban J connectivity index is 0.00000220. The summed E-state index contributed by atoms with van der Waals surface area (Å²) in [7, 11) is 0. The summed E-state index contributed by atoms with van der Waals surface area (Å²) in [6.07, 6.45) is 2.32. The second-order valence-electron chi connectivity index (χ2n) is 4.91. The quantitative estimate of drug-likeness (QED) is 0.856. The van der Waals surface area contributed by atoms with Crippen molar-refractivity contribution in [1.82, 2.24) is 10.6 Å². The fraction of sp³-hybridized carbons (Fsp3) is 0.500. The normalized spacial score (nSPS) is 17.7. The van der Waals surface area contributed by atoms with Crippen LogP contribution in [0.1, 0.15) is 12.8 Å². The van der Waals surface area contributed by atoms with Crippen molar-refractivity contribution in [3.63, 3.8) is 0 Å². The SMILES string of the molecule is Cl.O=C(COc1cc(Cl)cc(Cl)c1)NCC1CCCNC1. The fourth-order valence-corrected chi connectivity index (χ4v) is 2.67. The number of piperidine rings is 1. The first kappa shape index (κ1) is 18.4. The Bertz CT molecular complexity index is 445. The number of hydrogen-bond donors (Lipinski definition) is 2. The average Bonchev–Trinajstić information content (AvgIpc) is 2.43. The lowest BCUT2D eigenvalue weighted by Crippen LogP contribution is -2.39. The van der Waals surface area contributed by atoms with Gasteiger partial charge in [0.2, 0.25) is 0 Å². The number of nitrogens with one attached hydrogen (secondary N) is 2. The molecule has 1 fully saturated rings. The third kappa shape index (κ3) is 6.74. The number of carbonyl (C=O) groups excluding carboxylic acids is 1. The fourth-order valence-electron chi connectivity index (χ4n) is 2.17. The molecule has 1 atom stereocenters. The van der Waals surface area contributed by atoms with Crippen molar-refractivity contribution in [3.05, 3.63) is 28.2 Å². The summed E-state index contributed by atoms with van der Waals surface area (Å²) in [5.74, 6) is 0.872. The minimum Gasteiger partial charge on any atom is -0.484 e. The van der Waals surface area contributed by atoms with Gasteiger partial charge in [-0.3, -0.25) is 4.79 Å². The summed E-state index contributed by atoms with van der Waals surface area (Å²) in [4.78, 5) is 11.7. The van der Waals surface area contributed by atoms with Gasteiger partial charge in [-0.05, 0) is 50.0 Å². The molecule has 7 heteroatoms. The van der Waals surface area contributed by atoms with Crippen molar-refractivity contribution in [2.75, 3.05) is 26.2 Å². The van der Waals surface area contributed by atoms with Gasteiger partial charge in [-0.2, -0.15) is 0 Å². The molecule has 0 aliphatic carbocycles. The lowest BCUT2D eigenvalue weighted by molar-refractivity contribution is -0.123. The minimum absolute atomic E-state index is 0. The number of hydrogen-bond acceptors (Lipinski definition) is 3. The van der Waals surface area contributed by atoms with Crippen LogP contribution in [-0.2, 0) is 4.79 Å². The summed E-state index contributed by atoms with van der Waals surface area (Å²) >= 11 is 11.7. The van der Waals surface area contributed by atoms with Crippen LogP contribution < -0.4 is 15.4 Å². The molecule has 0 saturated carbocycles. The molecule has 21 heavy (non-hydrogen) atoms. The van der Waals surface area contributed by atoms with Gasteiger partial charge in [-0.15, -0.1) is 12.4 Å². The number of ether oxygens (including phenoxy) is 1. The van der Waals surface area contributed by atoms with E-state index in [1.165, 1.54) is 0 Å². The van der Waals surface area contributed by atoms with E-state index in [0.717, 1.165) is 25.9 Å². The van der Waals surface area contributed by atoms with E-state index < -0.39 is 0 Å². The van der Waals surface area contributed by atoms with Crippen LogP contribution in [0.5, 0.6) is 5.75 Å². The average molecular weight is 354 g/mol. The zero-order valence-corrected chi connectivity index (χ0v) is 13.9. The number of carbonyl (C=O) groups is 1. The van der Waals surface area contributed by atoms with E-state index in [4.69, 9.17) is 27.9 Å². The monoisotopic (exact) mass is 352 g/mol. The van der Waals surface area contributed by atoms with Gasteiger partial charge in [0.1, 0.15) is 5.75 Å². The van der Waals surface area contributed by atoms with E-state index >= 15 is 0 Å². The Hall–Kier alpha value is -0.680. The van der Waals surface area contributed by atoms with E-state index in [2.05, 4.69) is 10.6 Å². The molecule has 2 N–H and O–H groups in total. The first-order valence-corrected chi connectivity index (χ1v) is 7.45. The van der Waals surface area contributed by atoms with Crippen molar-refractivity contribution >= 4 is 41.5 Å². The summed E-state index contributed by atoms with van der Waals surface area (Å²) in [6.45, 7) is 2.69. The van der Waals surface area contributed by atoms with E-state index in [1.54, 1.807) is 18.2 Å². The van der Waals surface area contributed by atoms with Crippen molar-refractivity contribution in [2.24, 2.45) is 5.92 Å². The van der Waals surface area contributed by atoms with E-state index in [1.807, 2.05) is 0 Å². The van der Waals surface area contributed by atoms with Crippen molar-refractivity contribution in [1.29, 1.82) is 0 Å². The standard InChI is InChI=1S/C14H18Cl2N2O2.ClH/c15-11-4-12(16)6-13(5-11)20-9-14(19)18-8-10-2-1-3-17-7-10;/h4-6,10,17H,1-3,7-9H2,(H,18,19);1H. The highest BCUT2D eigenvalue weighted by Gasteiger charge is 2.14. The van der Waals surface area contributed by atoms with Gasteiger partial charge in [0.05, 0.1) is 0 Å². The molecule has 2 rings (SSSR count). The molecule has 1 aromatic rings. The smallest absolute Gasteiger partial charge is 0.257 e. The molecule has 0 spiro atoms. The molecule has 1 amide bonds. The summed E-state index contributed by atoms with van der Waals surface area (Å²) in [5, 5.41) is 7.17. The molecule has 0 radical (unpaired) electrons. The minimum atomic E-state index is -0.133. The van der Waals surface area contributed by atoms with Crippen molar-refractivity contribution < 1.29 is 9.53 Å². The number of halogens is 3. The van der Waals surface area contributed by atoms with Gasteiger partial charge in [-0.1, -0.05) is 23.2 Å². The first-order chi connectivity index (χ1) is 9.63. The Morgan fingerprint density at radius 2 is 2.05 bits per heavy atom. The molecule has 0 bridgehead atoms. The van der Waals surface area contributed by atoms with Gasteiger partial charge >= 0.3 is 0 Å². The Morgan fingerprint density at radius 3 is 2.67 bits per heavy atom. The lowest BCUT2D eigenvalue weighted by atomic mass is 10.00. The first-order valence-electron chi connectivity index (χ1n) is 6.70. The number of amides is 1. The van der Waals surface area contributed by atoms with Crippen molar-refractivity contribution in [2.45, 2.75) is 12.8 Å². The molecule has 1 unspecified atom stereocenters. The van der Waals surface area contributed by atoms with Crippen LogP contribution in [0.4, 0.5) is 0 Å². The number of benzene rings is 1. The second-order valence-corrected chi connectivity index (χ2v) is 5.78. The maximum absolute atomic E-state index is 11.7. The Morgan fingerprint density at radius 1 is 1.33 bits per heavy atom. The number of rotatable bonds is 5. The van der Waals surface area contributed by atoms with E-state index in [0.29, 0.717) is 28.3 Å². The van der Waals surface area contributed by atoms with Crippen molar-refractivity contribution in [3.8, 4) is 5.75 Å². The van der Waals surface area contributed by atoms with Gasteiger partial charge in [0.25, 0.3) is 5.91 Å². The molecule has 1 aliphatic heterocycles. The lowest BCUT2D eigenvalue weighted by Gasteiger charge is -2.22. The molecule has 0 aromatic heterocycles. The van der Waals surface area contributed by atoms with Gasteiger partial charge < -0.3 is 15.4 Å². The highest BCUT2D eigenvalue weighted by Crippen LogP contribution is 2.24. The topological polar surface area (TPSA) is 50.4 Å². The highest BCUT2D eigenvalue weighted by atomic mass is 35.5. The zero-order valence-electron chi connectivity index (χ0n) is 11.5. The zero-order chi connectivity index (χ0) is 14.4. The molecule has 118 valence electrons. The molecular formula is C14H19Cl3N2O2. The van der Waals surface area contributed by atoms with Crippen LogP contribution in [-0.4, -0.2) is 32.1 Å². The second kappa shape index (κ2) is 9.36. The predicted molar refractivity (Wildman–Crippen MR) is 87.8 cm³/mol. The van der Waals surface area contributed by atoms with Gasteiger partial charge in [0, 0.05) is 16.6 Å². The van der Waals surface area contributed by atoms with E-state index in [9.17, 15) is 4.79 Å². The molecule has 1 heterocycles. The summed E-state index contributed by atoms with van der Waals surface area (Å²) in [6, 6.07) is 4.88. The van der Waals surface area contributed by atoms with Crippen LogP contribution in [0.3, 0.4) is 0 Å². The molecule has 1 aromatic carbocycles. The van der Waals surface area contributed by atoms with Crippen LogP contribution in [0.15, 0.2) is 18.2 Å². The third-order valence-corrected chi connectivity index (χ3v) is 3.63. The van der Waals surface area contributed by atoms with E-state index in [-0.39, 0.29) is 24.9 Å². The maximum atomic E-state index is 11.7. The summed E-state index contributed by atoms with van der Waals surface area (Å²) in [5.41, 5.74) is 0. The van der Waals surface area contributed by atoms with Crippen LogP contribution in [0.25, 0.3) is 0 Å². The highest BCUT2D eigenvalue weighted by molar-refractivity contribution is 6.34. The van der Waals surface area contributed by atoms with Crippen LogP contribution >= 0.6 is 35.6 Å². The predicted octanol–water partition coefficient (Wildman–Crippen LogP) is 2.91. The Labute approximate surface area is 140 Å². The molecule has 1 aliphatic rings. The largest absolute Gasteiger partial charge is 0.484 e. The third-order valence-electron chi connectivity index (χ3n) is 3.19. The van der Waals surface area contributed by atoms with Crippen LogP contribution in [0.2, 0.25) is 10.0 Å². The summed E-state index contributed by atoms with van der Waals surface area (Å²) < 4.78 is 5.37. The maximum Gasteiger partial charge on any atom is 0.257 e. The van der Waals surface area contributed by atoms with Gasteiger partial charge in [0.15, 0.2) is 6.61 Å². The molecule has 4 nitrogen and oxygen atoms in total. The Kier molecular flexibility index (Phi) is 8.19. The van der Waals surface area contributed by atoms with Gasteiger partial charge in [-0.25, -0.2) is 0 Å².